The van der Waals surface area contributed by atoms with Crippen molar-refractivity contribution in [1.82, 2.24) is 5.32 Å². The second kappa shape index (κ2) is 5.21. The highest BCUT2D eigenvalue weighted by molar-refractivity contribution is 5.98. The van der Waals surface area contributed by atoms with Crippen molar-refractivity contribution in [3.8, 4) is 5.75 Å². The first-order valence-electron chi connectivity index (χ1n) is 6.62. The van der Waals surface area contributed by atoms with Crippen LogP contribution in [0.15, 0.2) is 24.3 Å². The number of rotatable bonds is 2. The third kappa shape index (κ3) is 2.89. The molecule has 1 atom stereocenters. The summed E-state index contributed by atoms with van der Waals surface area (Å²) < 4.78 is 5.38. The van der Waals surface area contributed by atoms with Gasteiger partial charge >= 0.3 is 0 Å². The number of carbonyl (C=O) groups is 1. The number of anilines is 1. The molecule has 0 bridgehead atoms. The number of nitrogens with one attached hydrogen (secondary N) is 1. The molecule has 0 aromatic heterocycles. The molecule has 1 amide bonds. The van der Waals surface area contributed by atoms with Gasteiger partial charge in [0, 0.05) is 13.1 Å². The first-order valence-corrected chi connectivity index (χ1v) is 6.62. The number of nitrogens with zero attached hydrogens (tertiary/aromatic N) is 1. The van der Waals surface area contributed by atoms with Gasteiger partial charge in [-0.25, -0.2) is 0 Å². The van der Waals surface area contributed by atoms with Gasteiger partial charge in [0.1, 0.15) is 5.75 Å². The van der Waals surface area contributed by atoms with E-state index in [1.807, 2.05) is 36.1 Å². The van der Waals surface area contributed by atoms with Crippen LogP contribution >= 0.6 is 0 Å². The summed E-state index contributed by atoms with van der Waals surface area (Å²) in [5, 5.41) is 3.29. The summed E-state index contributed by atoms with van der Waals surface area (Å²) >= 11 is 0. The third-order valence-electron chi connectivity index (χ3n) is 3.49. The molecular formula is C15H22N2O2. The van der Waals surface area contributed by atoms with Crippen molar-refractivity contribution in [3.05, 3.63) is 24.3 Å². The molecule has 2 rings (SSSR count). The lowest BCUT2D eigenvalue weighted by atomic mass is 9.93. The second-order valence-corrected chi connectivity index (χ2v) is 5.86. The number of carbonyl (C=O) groups excluding carboxylic acids is 1. The van der Waals surface area contributed by atoms with Crippen LogP contribution in [0.25, 0.3) is 0 Å². The van der Waals surface area contributed by atoms with Crippen LogP contribution in [0, 0.1) is 5.41 Å². The largest absolute Gasteiger partial charge is 0.495 e. The number of hydrogen-bond donors (Lipinski definition) is 1. The summed E-state index contributed by atoms with van der Waals surface area (Å²) in [6, 6.07) is 7.49. The Morgan fingerprint density at radius 1 is 1.37 bits per heavy atom. The summed E-state index contributed by atoms with van der Waals surface area (Å²) in [4.78, 5) is 14.3. The van der Waals surface area contributed by atoms with Gasteiger partial charge in [-0.2, -0.15) is 0 Å². The van der Waals surface area contributed by atoms with Gasteiger partial charge in [0.05, 0.1) is 18.8 Å². The number of hydrogen-bond acceptors (Lipinski definition) is 3. The van der Waals surface area contributed by atoms with Gasteiger partial charge in [0.25, 0.3) is 0 Å². The first kappa shape index (κ1) is 13.9. The van der Waals surface area contributed by atoms with Gasteiger partial charge in [0.15, 0.2) is 0 Å². The van der Waals surface area contributed by atoms with E-state index in [1.54, 1.807) is 7.11 Å². The Kier molecular flexibility index (Phi) is 3.80. The molecule has 0 saturated carbocycles. The molecule has 0 spiro atoms. The standard InChI is InChI=1S/C15H22N2O2/c1-11-14(18)17(10-15(2,3)9-16-11)12-7-5-6-8-13(12)19-4/h5-8,11,16H,9-10H2,1-4H3. The Bertz CT molecular complexity index is 471. The predicted octanol–water partition coefficient (Wildman–Crippen LogP) is 2.05. The lowest BCUT2D eigenvalue weighted by Crippen LogP contribution is -2.42. The quantitative estimate of drug-likeness (QED) is 0.887. The third-order valence-corrected chi connectivity index (χ3v) is 3.49. The monoisotopic (exact) mass is 262 g/mol. The fraction of sp³-hybridized carbons (Fsp3) is 0.533. The summed E-state index contributed by atoms with van der Waals surface area (Å²) in [5.74, 6) is 0.829. The summed E-state index contributed by atoms with van der Waals surface area (Å²) in [6.45, 7) is 7.74. The van der Waals surface area contributed by atoms with Crippen molar-refractivity contribution in [2.24, 2.45) is 5.41 Å². The molecular weight excluding hydrogens is 240 g/mol. The molecule has 1 aromatic rings. The summed E-state index contributed by atoms with van der Waals surface area (Å²) in [6.07, 6.45) is 0. The molecule has 1 aliphatic rings. The molecule has 0 radical (unpaired) electrons. The van der Waals surface area contributed by atoms with Gasteiger partial charge < -0.3 is 15.0 Å². The van der Waals surface area contributed by atoms with Gasteiger partial charge in [-0.1, -0.05) is 26.0 Å². The highest BCUT2D eigenvalue weighted by Gasteiger charge is 2.34. The minimum Gasteiger partial charge on any atom is -0.495 e. The van der Waals surface area contributed by atoms with E-state index in [1.165, 1.54) is 0 Å². The number of ether oxygens (including phenoxy) is 1. The van der Waals surface area contributed by atoms with E-state index in [0.717, 1.165) is 18.0 Å². The zero-order chi connectivity index (χ0) is 14.0. The van der Waals surface area contributed by atoms with E-state index >= 15 is 0 Å². The minimum absolute atomic E-state index is 0.0290. The smallest absolute Gasteiger partial charge is 0.243 e. The van der Waals surface area contributed by atoms with E-state index in [0.29, 0.717) is 6.54 Å². The molecule has 1 aromatic carbocycles. The van der Waals surface area contributed by atoms with Gasteiger partial charge in [0.2, 0.25) is 5.91 Å². The van der Waals surface area contributed by atoms with Crippen molar-refractivity contribution < 1.29 is 9.53 Å². The topological polar surface area (TPSA) is 41.6 Å². The van der Waals surface area contributed by atoms with Crippen molar-refractivity contribution in [2.75, 3.05) is 25.1 Å². The molecule has 4 nitrogen and oxygen atoms in total. The van der Waals surface area contributed by atoms with Crippen molar-refractivity contribution >= 4 is 11.6 Å². The molecule has 4 heteroatoms. The van der Waals surface area contributed by atoms with Crippen molar-refractivity contribution in [1.29, 1.82) is 0 Å². The molecule has 1 unspecified atom stereocenters. The Hall–Kier alpha value is -1.55. The number of amides is 1. The zero-order valence-corrected chi connectivity index (χ0v) is 12.1. The Labute approximate surface area is 114 Å². The maximum absolute atomic E-state index is 12.5. The van der Waals surface area contributed by atoms with E-state index in [4.69, 9.17) is 4.74 Å². The molecule has 104 valence electrons. The average Bonchev–Trinajstić information content (AvgIpc) is 2.50. The highest BCUT2D eigenvalue weighted by Crippen LogP contribution is 2.32. The lowest BCUT2D eigenvalue weighted by molar-refractivity contribution is -0.119. The molecule has 1 aliphatic heterocycles. The van der Waals surface area contributed by atoms with Crippen LogP contribution in [0.4, 0.5) is 5.69 Å². The molecule has 1 fully saturated rings. The minimum atomic E-state index is -0.174. The van der Waals surface area contributed by atoms with Crippen molar-refractivity contribution in [2.45, 2.75) is 26.8 Å². The number of para-hydroxylation sites is 2. The number of methoxy groups -OCH3 is 1. The van der Waals surface area contributed by atoms with E-state index in [9.17, 15) is 4.79 Å². The zero-order valence-electron chi connectivity index (χ0n) is 12.1. The van der Waals surface area contributed by atoms with Crippen molar-refractivity contribution in [3.63, 3.8) is 0 Å². The van der Waals surface area contributed by atoms with Gasteiger partial charge in [-0.05, 0) is 24.5 Å². The molecule has 1 heterocycles. The van der Waals surface area contributed by atoms with Gasteiger partial charge in [-0.3, -0.25) is 4.79 Å². The first-order chi connectivity index (χ1) is 8.94. The highest BCUT2D eigenvalue weighted by atomic mass is 16.5. The fourth-order valence-electron chi connectivity index (χ4n) is 2.37. The second-order valence-electron chi connectivity index (χ2n) is 5.86. The normalized spacial score (nSPS) is 23.1. The summed E-state index contributed by atoms with van der Waals surface area (Å²) in [7, 11) is 1.63. The SMILES string of the molecule is COc1ccccc1N1CC(C)(C)CNC(C)C1=O. The van der Waals surface area contributed by atoms with Crippen LogP contribution in [-0.4, -0.2) is 32.1 Å². The maximum Gasteiger partial charge on any atom is 0.243 e. The van der Waals surface area contributed by atoms with Crippen LogP contribution in [0.3, 0.4) is 0 Å². The summed E-state index contributed by atoms with van der Waals surface area (Å²) in [5.41, 5.74) is 0.875. The van der Waals surface area contributed by atoms with Gasteiger partial charge in [-0.15, -0.1) is 0 Å². The Balaban J connectivity index is 2.41. The number of benzene rings is 1. The Morgan fingerprint density at radius 3 is 2.74 bits per heavy atom. The Morgan fingerprint density at radius 2 is 2.05 bits per heavy atom. The van der Waals surface area contributed by atoms with E-state index in [-0.39, 0.29) is 17.4 Å². The molecule has 0 aliphatic carbocycles. The van der Waals surface area contributed by atoms with Crippen LogP contribution in [-0.2, 0) is 4.79 Å². The lowest BCUT2D eigenvalue weighted by Gasteiger charge is -2.30. The fourth-order valence-corrected chi connectivity index (χ4v) is 2.37. The predicted molar refractivity (Wildman–Crippen MR) is 76.6 cm³/mol. The molecule has 19 heavy (non-hydrogen) atoms. The maximum atomic E-state index is 12.5. The van der Waals surface area contributed by atoms with E-state index in [2.05, 4.69) is 19.2 Å². The molecule has 1 saturated heterocycles. The average molecular weight is 262 g/mol. The van der Waals surface area contributed by atoms with Crippen LogP contribution in [0.1, 0.15) is 20.8 Å². The van der Waals surface area contributed by atoms with Crippen LogP contribution in [0.2, 0.25) is 0 Å². The molecule has 1 N–H and O–H groups in total. The van der Waals surface area contributed by atoms with Crippen LogP contribution < -0.4 is 15.0 Å². The van der Waals surface area contributed by atoms with E-state index < -0.39 is 0 Å². The van der Waals surface area contributed by atoms with Crippen LogP contribution in [0.5, 0.6) is 5.75 Å².